The molecule has 1 atom stereocenters. The van der Waals surface area contributed by atoms with Gasteiger partial charge in [0.15, 0.2) is 0 Å². The number of carboxylic acids is 1. The van der Waals surface area contributed by atoms with Gasteiger partial charge in [-0.1, -0.05) is 6.92 Å². The summed E-state index contributed by atoms with van der Waals surface area (Å²) in [4.78, 5) is 13.4. The second-order valence-corrected chi connectivity index (χ2v) is 8.02. The molecule has 0 unspecified atom stereocenters. The fourth-order valence-electron chi connectivity index (χ4n) is 2.67. The lowest BCUT2D eigenvalue weighted by atomic mass is 10.2. The van der Waals surface area contributed by atoms with E-state index in [1.807, 2.05) is 25.9 Å². The van der Waals surface area contributed by atoms with Gasteiger partial charge in [0.05, 0.1) is 11.5 Å². The molecule has 1 N–H and O–H groups in total. The van der Waals surface area contributed by atoms with E-state index in [4.69, 9.17) is 4.74 Å². The maximum absolute atomic E-state index is 12.8. The molecule has 1 aliphatic heterocycles. The predicted molar refractivity (Wildman–Crippen MR) is 90.0 cm³/mol. The van der Waals surface area contributed by atoms with Crippen LogP contribution in [-0.4, -0.2) is 68.5 Å². The SMILES string of the molecule is CCCOc1ccc(S(=O)(=O)N2CC[C@H](N(C)C)C2)cc1C(=O)O. The second kappa shape index (κ2) is 7.50. The first-order valence-corrected chi connectivity index (χ1v) is 9.38. The van der Waals surface area contributed by atoms with Gasteiger partial charge < -0.3 is 14.7 Å². The Morgan fingerprint density at radius 1 is 1.42 bits per heavy atom. The van der Waals surface area contributed by atoms with Crippen molar-refractivity contribution in [3.8, 4) is 5.75 Å². The van der Waals surface area contributed by atoms with Gasteiger partial charge in [-0.25, -0.2) is 13.2 Å². The van der Waals surface area contributed by atoms with E-state index in [1.54, 1.807) is 0 Å². The molecule has 24 heavy (non-hydrogen) atoms. The quantitative estimate of drug-likeness (QED) is 0.797. The topological polar surface area (TPSA) is 87.2 Å². The predicted octanol–water partition coefficient (Wildman–Crippen LogP) is 1.50. The highest BCUT2D eigenvalue weighted by atomic mass is 32.2. The highest BCUT2D eigenvalue weighted by molar-refractivity contribution is 7.89. The molecule has 7 nitrogen and oxygen atoms in total. The summed E-state index contributed by atoms with van der Waals surface area (Å²) in [5.41, 5.74) is -0.132. The Morgan fingerprint density at radius 2 is 2.12 bits per heavy atom. The molecule has 1 heterocycles. The van der Waals surface area contributed by atoms with Gasteiger partial charge in [-0.05, 0) is 45.1 Å². The van der Waals surface area contributed by atoms with E-state index in [0.717, 1.165) is 12.8 Å². The number of nitrogens with zero attached hydrogens (tertiary/aromatic N) is 2. The zero-order valence-corrected chi connectivity index (χ0v) is 15.0. The number of aromatic carboxylic acids is 1. The molecular weight excluding hydrogens is 332 g/mol. The molecule has 1 aromatic rings. The highest BCUT2D eigenvalue weighted by Gasteiger charge is 2.34. The van der Waals surface area contributed by atoms with Gasteiger partial charge in [-0.2, -0.15) is 4.31 Å². The van der Waals surface area contributed by atoms with Crippen LogP contribution in [0.5, 0.6) is 5.75 Å². The summed E-state index contributed by atoms with van der Waals surface area (Å²) in [5, 5.41) is 9.34. The number of sulfonamides is 1. The Labute approximate surface area is 142 Å². The van der Waals surface area contributed by atoms with Crippen LogP contribution in [0, 0.1) is 0 Å². The summed E-state index contributed by atoms with van der Waals surface area (Å²) in [6, 6.07) is 4.19. The molecule has 0 spiro atoms. The molecule has 134 valence electrons. The minimum Gasteiger partial charge on any atom is -0.493 e. The van der Waals surface area contributed by atoms with Crippen LogP contribution in [0.25, 0.3) is 0 Å². The van der Waals surface area contributed by atoms with Crippen LogP contribution in [0.4, 0.5) is 0 Å². The van der Waals surface area contributed by atoms with E-state index in [9.17, 15) is 18.3 Å². The monoisotopic (exact) mass is 356 g/mol. The van der Waals surface area contributed by atoms with Gasteiger partial charge in [0.2, 0.25) is 10.0 Å². The first-order chi connectivity index (χ1) is 11.3. The van der Waals surface area contributed by atoms with Crippen molar-refractivity contribution in [2.24, 2.45) is 0 Å². The van der Waals surface area contributed by atoms with Crippen molar-refractivity contribution >= 4 is 16.0 Å². The summed E-state index contributed by atoms with van der Waals surface area (Å²) in [6.07, 6.45) is 1.49. The molecule has 0 bridgehead atoms. The summed E-state index contributed by atoms with van der Waals surface area (Å²) in [6.45, 7) is 3.13. The largest absolute Gasteiger partial charge is 0.493 e. The lowest BCUT2D eigenvalue weighted by Crippen LogP contribution is -2.34. The maximum Gasteiger partial charge on any atom is 0.339 e. The molecule has 0 amide bonds. The zero-order chi connectivity index (χ0) is 17.9. The number of likely N-dealkylation sites (N-methyl/N-ethyl adjacent to an activating group) is 1. The maximum atomic E-state index is 12.8. The fraction of sp³-hybridized carbons (Fsp3) is 0.562. The van der Waals surface area contributed by atoms with Gasteiger partial charge in [0.1, 0.15) is 11.3 Å². The number of hydrogen-bond donors (Lipinski definition) is 1. The lowest BCUT2D eigenvalue weighted by Gasteiger charge is -2.20. The zero-order valence-electron chi connectivity index (χ0n) is 14.2. The average molecular weight is 356 g/mol. The molecule has 0 saturated carbocycles. The molecule has 1 fully saturated rings. The lowest BCUT2D eigenvalue weighted by molar-refractivity contribution is 0.0692. The van der Waals surface area contributed by atoms with Crippen LogP contribution in [-0.2, 0) is 10.0 Å². The van der Waals surface area contributed by atoms with Crippen LogP contribution in [0.1, 0.15) is 30.1 Å². The summed E-state index contributed by atoms with van der Waals surface area (Å²) < 4.78 is 32.4. The third kappa shape index (κ3) is 3.88. The smallest absolute Gasteiger partial charge is 0.339 e. The van der Waals surface area contributed by atoms with Gasteiger partial charge >= 0.3 is 5.97 Å². The van der Waals surface area contributed by atoms with E-state index in [2.05, 4.69) is 0 Å². The Morgan fingerprint density at radius 3 is 2.67 bits per heavy atom. The van der Waals surface area contributed by atoms with E-state index in [0.29, 0.717) is 19.7 Å². The third-order valence-corrected chi connectivity index (χ3v) is 6.00. The van der Waals surface area contributed by atoms with Crippen molar-refractivity contribution in [2.45, 2.75) is 30.7 Å². The Kier molecular flexibility index (Phi) is 5.84. The van der Waals surface area contributed by atoms with E-state index in [1.165, 1.54) is 22.5 Å². The summed E-state index contributed by atoms with van der Waals surface area (Å²) in [7, 11) is 0.129. The van der Waals surface area contributed by atoms with Crippen molar-refractivity contribution in [3.63, 3.8) is 0 Å². The van der Waals surface area contributed by atoms with Crippen LogP contribution in [0.3, 0.4) is 0 Å². The minimum atomic E-state index is -3.71. The molecule has 0 aromatic heterocycles. The Balaban J connectivity index is 2.31. The summed E-state index contributed by atoms with van der Waals surface area (Å²) >= 11 is 0. The minimum absolute atomic E-state index is 0.0110. The number of ether oxygens (including phenoxy) is 1. The summed E-state index contributed by atoms with van der Waals surface area (Å²) in [5.74, 6) is -1.01. The normalized spacial score (nSPS) is 18.9. The number of rotatable bonds is 7. The molecule has 1 aromatic carbocycles. The average Bonchev–Trinajstić information content (AvgIpc) is 3.03. The van der Waals surface area contributed by atoms with Crippen molar-refractivity contribution in [1.82, 2.24) is 9.21 Å². The van der Waals surface area contributed by atoms with Crippen molar-refractivity contribution in [3.05, 3.63) is 23.8 Å². The third-order valence-electron chi connectivity index (χ3n) is 4.14. The first kappa shape index (κ1) is 18.7. The van der Waals surface area contributed by atoms with E-state index in [-0.39, 0.29) is 22.3 Å². The van der Waals surface area contributed by atoms with Gasteiger partial charge in [-0.15, -0.1) is 0 Å². The first-order valence-electron chi connectivity index (χ1n) is 7.94. The van der Waals surface area contributed by atoms with Crippen molar-refractivity contribution < 1.29 is 23.1 Å². The Bertz CT molecular complexity index is 702. The van der Waals surface area contributed by atoms with Gasteiger partial charge in [0, 0.05) is 19.1 Å². The molecular formula is C16H24N2O5S. The highest BCUT2D eigenvalue weighted by Crippen LogP contribution is 2.27. The number of benzene rings is 1. The van der Waals surface area contributed by atoms with E-state index >= 15 is 0 Å². The molecule has 2 rings (SSSR count). The standard InChI is InChI=1S/C16H24N2O5S/c1-4-9-23-15-6-5-13(10-14(15)16(19)20)24(21,22)18-8-7-12(11-18)17(2)3/h5-6,10,12H,4,7-9,11H2,1-3H3,(H,19,20)/t12-/m0/s1. The van der Waals surface area contributed by atoms with Crippen LogP contribution < -0.4 is 4.74 Å². The van der Waals surface area contributed by atoms with Crippen LogP contribution in [0.2, 0.25) is 0 Å². The van der Waals surface area contributed by atoms with Crippen molar-refractivity contribution in [2.75, 3.05) is 33.8 Å². The van der Waals surface area contributed by atoms with Crippen LogP contribution in [0.15, 0.2) is 23.1 Å². The van der Waals surface area contributed by atoms with Crippen LogP contribution >= 0.6 is 0 Å². The molecule has 1 saturated heterocycles. The van der Waals surface area contributed by atoms with Gasteiger partial charge in [-0.3, -0.25) is 0 Å². The van der Waals surface area contributed by atoms with Crippen molar-refractivity contribution in [1.29, 1.82) is 0 Å². The Hall–Kier alpha value is -1.64. The number of carboxylic acid groups (broad SMARTS) is 1. The van der Waals surface area contributed by atoms with E-state index < -0.39 is 16.0 Å². The molecule has 8 heteroatoms. The van der Waals surface area contributed by atoms with Gasteiger partial charge in [0.25, 0.3) is 0 Å². The fourth-order valence-corrected chi connectivity index (χ4v) is 4.19. The molecule has 0 aliphatic carbocycles. The number of hydrogen-bond acceptors (Lipinski definition) is 5. The second-order valence-electron chi connectivity index (χ2n) is 6.08. The molecule has 1 aliphatic rings. The molecule has 0 radical (unpaired) electrons. The number of carbonyl (C=O) groups is 1.